The third-order valence-electron chi connectivity index (χ3n) is 0.675. The number of rotatable bonds is 2. The lowest BCUT2D eigenvalue weighted by molar-refractivity contribution is -0.118. The number of hydrogen-bond acceptors (Lipinski definition) is 2. The Kier molecular flexibility index (Phi) is 4.03. The normalized spacial score (nSPS) is 10.2. The Labute approximate surface area is 48.8 Å². The molecule has 0 aromatic carbocycles. The lowest BCUT2D eigenvalue weighted by Gasteiger charge is -1.82. The fourth-order valence-electron chi connectivity index (χ4n) is 0.375. The van der Waals surface area contributed by atoms with Crippen molar-refractivity contribution in [2.75, 3.05) is 7.05 Å². The predicted octanol–water partition coefficient (Wildman–Crippen LogP) is 1.40. The van der Waals surface area contributed by atoms with Crippen molar-refractivity contribution in [2.45, 2.75) is 19.8 Å². The van der Waals surface area contributed by atoms with Gasteiger partial charge in [0, 0.05) is 13.5 Å². The molecule has 0 atom stereocenters. The Hall–Kier alpha value is -0.730. The van der Waals surface area contributed by atoms with Gasteiger partial charge in [-0.15, -0.1) is 5.11 Å². The molecule has 46 valence electrons. The van der Waals surface area contributed by atoms with E-state index in [0.717, 1.165) is 6.42 Å². The van der Waals surface area contributed by atoms with E-state index < -0.39 is 0 Å². The Morgan fingerprint density at radius 3 is 2.62 bits per heavy atom. The van der Waals surface area contributed by atoms with Gasteiger partial charge in [0.1, 0.15) is 0 Å². The van der Waals surface area contributed by atoms with Gasteiger partial charge in [-0.2, -0.15) is 5.11 Å². The van der Waals surface area contributed by atoms with Crippen LogP contribution in [0.5, 0.6) is 0 Å². The number of nitrogens with zero attached hydrogens (tertiary/aromatic N) is 2. The zero-order valence-electron chi connectivity index (χ0n) is 5.22. The van der Waals surface area contributed by atoms with E-state index in [9.17, 15) is 4.79 Å². The first kappa shape index (κ1) is 7.27. The van der Waals surface area contributed by atoms with Crippen LogP contribution in [0.25, 0.3) is 0 Å². The van der Waals surface area contributed by atoms with Gasteiger partial charge in [-0.25, -0.2) is 0 Å². The molecular formula is C5H10N2O. The minimum absolute atomic E-state index is 0.130. The Morgan fingerprint density at radius 2 is 2.25 bits per heavy atom. The molecule has 0 aromatic rings. The average molecular weight is 114 g/mol. The molecule has 0 bridgehead atoms. The average Bonchev–Trinajstić information content (AvgIpc) is 1.68. The third-order valence-corrected chi connectivity index (χ3v) is 0.675. The van der Waals surface area contributed by atoms with Crippen LogP contribution >= 0.6 is 0 Å². The van der Waals surface area contributed by atoms with E-state index in [2.05, 4.69) is 10.2 Å². The molecule has 8 heavy (non-hydrogen) atoms. The highest BCUT2D eigenvalue weighted by molar-refractivity contribution is 5.75. The van der Waals surface area contributed by atoms with Crippen LogP contribution in [0.15, 0.2) is 10.2 Å². The molecule has 0 aliphatic carbocycles. The quantitative estimate of drug-likeness (QED) is 0.500. The molecule has 0 aliphatic rings. The Balaban J connectivity index is 3.33. The second kappa shape index (κ2) is 4.43. The molecule has 0 aliphatic heterocycles. The van der Waals surface area contributed by atoms with Gasteiger partial charge in [0.05, 0.1) is 0 Å². The van der Waals surface area contributed by atoms with Crippen LogP contribution in [-0.2, 0) is 4.79 Å². The molecule has 0 saturated carbocycles. The summed E-state index contributed by atoms with van der Waals surface area (Å²) in [6, 6.07) is 0. The second-order valence-electron chi connectivity index (χ2n) is 1.44. The van der Waals surface area contributed by atoms with Gasteiger partial charge in [-0.1, -0.05) is 6.92 Å². The number of hydrogen-bond donors (Lipinski definition) is 0. The minimum atomic E-state index is -0.130. The third kappa shape index (κ3) is 3.46. The van der Waals surface area contributed by atoms with Gasteiger partial charge in [-0.05, 0) is 6.42 Å². The van der Waals surface area contributed by atoms with Crippen LogP contribution in [-0.4, -0.2) is 13.0 Å². The van der Waals surface area contributed by atoms with E-state index in [4.69, 9.17) is 0 Å². The van der Waals surface area contributed by atoms with Gasteiger partial charge < -0.3 is 0 Å². The van der Waals surface area contributed by atoms with Crippen molar-refractivity contribution in [1.82, 2.24) is 0 Å². The molecule has 0 heterocycles. The fraction of sp³-hybridized carbons (Fsp3) is 0.800. The summed E-state index contributed by atoms with van der Waals surface area (Å²) in [6.07, 6.45) is 1.36. The first-order valence-electron chi connectivity index (χ1n) is 2.64. The molecule has 0 fully saturated rings. The van der Waals surface area contributed by atoms with E-state index in [1.165, 1.54) is 7.05 Å². The summed E-state index contributed by atoms with van der Waals surface area (Å²) < 4.78 is 0. The van der Waals surface area contributed by atoms with Gasteiger partial charge in [-0.3, -0.25) is 4.79 Å². The van der Waals surface area contributed by atoms with Gasteiger partial charge in [0.2, 0.25) is 0 Å². The highest BCUT2D eigenvalue weighted by Gasteiger charge is 1.92. The largest absolute Gasteiger partial charge is 0.271 e. The van der Waals surface area contributed by atoms with Crippen LogP contribution in [0.4, 0.5) is 0 Å². The van der Waals surface area contributed by atoms with Gasteiger partial charge in [0.15, 0.2) is 0 Å². The summed E-state index contributed by atoms with van der Waals surface area (Å²) in [6.45, 7) is 1.93. The monoisotopic (exact) mass is 114 g/mol. The zero-order valence-corrected chi connectivity index (χ0v) is 5.22. The molecule has 0 radical (unpaired) electrons. The smallest absolute Gasteiger partial charge is 0.264 e. The van der Waals surface area contributed by atoms with E-state index in [0.29, 0.717) is 6.42 Å². The lowest BCUT2D eigenvalue weighted by Crippen LogP contribution is -1.88. The van der Waals surface area contributed by atoms with Crippen molar-refractivity contribution in [1.29, 1.82) is 0 Å². The molecule has 3 nitrogen and oxygen atoms in total. The fourth-order valence-corrected chi connectivity index (χ4v) is 0.375. The molecular weight excluding hydrogens is 104 g/mol. The summed E-state index contributed by atoms with van der Waals surface area (Å²) >= 11 is 0. The molecule has 3 heteroatoms. The lowest BCUT2D eigenvalue weighted by atomic mass is 10.3. The van der Waals surface area contributed by atoms with Crippen molar-refractivity contribution in [3.8, 4) is 0 Å². The van der Waals surface area contributed by atoms with Crippen LogP contribution in [0.3, 0.4) is 0 Å². The van der Waals surface area contributed by atoms with Crippen LogP contribution in [0, 0.1) is 0 Å². The number of amides is 1. The number of carbonyl (C=O) groups is 1. The van der Waals surface area contributed by atoms with Gasteiger partial charge in [0.25, 0.3) is 5.91 Å². The first-order chi connectivity index (χ1) is 3.81. The maximum Gasteiger partial charge on any atom is 0.264 e. The number of carbonyl (C=O) groups excluding carboxylic acids is 1. The molecule has 0 N–H and O–H groups in total. The number of azo groups is 1. The topological polar surface area (TPSA) is 41.8 Å². The Morgan fingerprint density at radius 1 is 1.62 bits per heavy atom. The highest BCUT2D eigenvalue weighted by atomic mass is 16.1. The predicted molar refractivity (Wildman–Crippen MR) is 30.7 cm³/mol. The molecule has 1 amide bonds. The van der Waals surface area contributed by atoms with Crippen molar-refractivity contribution in [3.05, 3.63) is 0 Å². The molecule has 0 saturated heterocycles. The molecule has 0 aromatic heterocycles. The first-order valence-corrected chi connectivity index (χ1v) is 2.64. The Bertz CT molecular complexity index is 98.6. The maximum absolute atomic E-state index is 10.4. The summed E-state index contributed by atoms with van der Waals surface area (Å²) in [5, 5.41) is 6.63. The van der Waals surface area contributed by atoms with Crippen molar-refractivity contribution >= 4 is 5.91 Å². The van der Waals surface area contributed by atoms with Crippen molar-refractivity contribution in [3.63, 3.8) is 0 Å². The van der Waals surface area contributed by atoms with Crippen LogP contribution in [0.1, 0.15) is 19.8 Å². The second-order valence-corrected chi connectivity index (χ2v) is 1.44. The zero-order chi connectivity index (χ0) is 6.41. The van der Waals surface area contributed by atoms with E-state index in [1.807, 2.05) is 6.92 Å². The van der Waals surface area contributed by atoms with Crippen LogP contribution < -0.4 is 0 Å². The van der Waals surface area contributed by atoms with E-state index >= 15 is 0 Å². The summed E-state index contributed by atoms with van der Waals surface area (Å²) in [7, 11) is 1.49. The minimum Gasteiger partial charge on any atom is -0.271 e. The SMILES string of the molecule is CCCC(=O)N=NC. The highest BCUT2D eigenvalue weighted by Crippen LogP contribution is 1.89. The van der Waals surface area contributed by atoms with Gasteiger partial charge >= 0.3 is 0 Å². The van der Waals surface area contributed by atoms with E-state index in [-0.39, 0.29) is 5.91 Å². The molecule has 0 unspecified atom stereocenters. The molecule has 0 spiro atoms. The van der Waals surface area contributed by atoms with E-state index in [1.54, 1.807) is 0 Å². The van der Waals surface area contributed by atoms with Crippen molar-refractivity contribution < 1.29 is 4.79 Å². The summed E-state index contributed by atoms with van der Waals surface area (Å²) in [4.78, 5) is 10.4. The summed E-state index contributed by atoms with van der Waals surface area (Å²) in [5.41, 5.74) is 0. The van der Waals surface area contributed by atoms with Crippen LogP contribution in [0.2, 0.25) is 0 Å². The molecule has 0 rings (SSSR count). The standard InChI is InChI=1S/C5H10N2O/c1-3-4-5(8)7-6-2/h3-4H2,1-2H3. The maximum atomic E-state index is 10.4. The summed E-state index contributed by atoms with van der Waals surface area (Å²) in [5.74, 6) is -0.130. The van der Waals surface area contributed by atoms with Crippen molar-refractivity contribution in [2.24, 2.45) is 10.2 Å².